The van der Waals surface area contributed by atoms with Gasteiger partial charge >= 0.3 is 0 Å². The minimum Gasteiger partial charge on any atom is -0.494 e. The molecule has 1 aliphatic rings. The molecule has 30 heavy (non-hydrogen) atoms. The van der Waals surface area contributed by atoms with Crippen LogP contribution in [-0.2, 0) is 6.54 Å². The molecule has 6 heteroatoms. The van der Waals surface area contributed by atoms with Crippen LogP contribution in [0.5, 0.6) is 5.75 Å². The normalized spacial score (nSPS) is 15.7. The summed E-state index contributed by atoms with van der Waals surface area (Å²) in [6, 6.07) is 17.3. The van der Waals surface area contributed by atoms with Crippen molar-refractivity contribution >= 4 is 5.96 Å². The largest absolute Gasteiger partial charge is 0.494 e. The van der Waals surface area contributed by atoms with Gasteiger partial charge in [0.25, 0.3) is 0 Å². The second-order valence-corrected chi connectivity index (χ2v) is 7.69. The number of guanidine groups is 1. The fourth-order valence-corrected chi connectivity index (χ4v) is 3.62. The van der Waals surface area contributed by atoms with E-state index in [0.29, 0.717) is 18.4 Å². The van der Waals surface area contributed by atoms with Crippen LogP contribution < -0.4 is 15.4 Å². The van der Waals surface area contributed by atoms with Crippen LogP contribution in [0.1, 0.15) is 31.2 Å². The number of nitrogens with zero attached hydrogens (tertiary/aromatic N) is 2. The predicted molar refractivity (Wildman–Crippen MR) is 120 cm³/mol. The third kappa shape index (κ3) is 7.67. The Morgan fingerprint density at radius 2 is 1.80 bits per heavy atom. The lowest BCUT2D eigenvalue weighted by Gasteiger charge is -2.33. The Labute approximate surface area is 179 Å². The molecule has 0 atom stereocenters. The van der Waals surface area contributed by atoms with Gasteiger partial charge in [0.2, 0.25) is 0 Å². The smallest absolute Gasteiger partial charge is 0.191 e. The molecule has 1 aliphatic heterocycles. The van der Waals surface area contributed by atoms with Crippen LogP contribution in [0.3, 0.4) is 0 Å². The number of likely N-dealkylation sites (tertiary alicyclic amines) is 1. The van der Waals surface area contributed by atoms with Crippen LogP contribution in [0.25, 0.3) is 0 Å². The van der Waals surface area contributed by atoms with Crippen molar-refractivity contribution in [2.45, 2.75) is 38.3 Å². The van der Waals surface area contributed by atoms with Crippen LogP contribution in [0.15, 0.2) is 59.6 Å². The molecule has 2 aromatic carbocycles. The van der Waals surface area contributed by atoms with E-state index in [0.717, 1.165) is 57.8 Å². The lowest BCUT2D eigenvalue weighted by Crippen LogP contribution is -2.48. The molecule has 0 aromatic heterocycles. The maximum Gasteiger partial charge on any atom is 0.191 e. The van der Waals surface area contributed by atoms with Gasteiger partial charge in [-0.25, -0.2) is 4.39 Å². The minimum absolute atomic E-state index is 0.243. The van der Waals surface area contributed by atoms with Crippen LogP contribution in [0.2, 0.25) is 0 Å². The highest BCUT2D eigenvalue weighted by atomic mass is 19.1. The Morgan fingerprint density at radius 3 is 2.50 bits per heavy atom. The van der Waals surface area contributed by atoms with Gasteiger partial charge in [0.05, 0.1) is 6.61 Å². The molecule has 1 saturated heterocycles. The molecule has 0 amide bonds. The summed E-state index contributed by atoms with van der Waals surface area (Å²) in [7, 11) is 1.82. The minimum atomic E-state index is -0.243. The first-order chi connectivity index (χ1) is 14.7. The van der Waals surface area contributed by atoms with Crippen molar-refractivity contribution in [3.05, 3.63) is 66.0 Å². The summed E-state index contributed by atoms with van der Waals surface area (Å²) in [6.45, 7) is 4.70. The molecule has 0 saturated carbocycles. The topological polar surface area (TPSA) is 48.9 Å². The summed E-state index contributed by atoms with van der Waals surface area (Å²) in [5, 5.41) is 6.95. The summed E-state index contributed by atoms with van der Waals surface area (Å²) < 4.78 is 18.5. The van der Waals surface area contributed by atoms with E-state index >= 15 is 0 Å². The van der Waals surface area contributed by atoms with E-state index < -0.39 is 0 Å². The number of halogens is 1. The van der Waals surface area contributed by atoms with Gasteiger partial charge < -0.3 is 15.4 Å². The lowest BCUT2D eigenvalue weighted by molar-refractivity contribution is 0.198. The zero-order valence-electron chi connectivity index (χ0n) is 17.8. The fraction of sp³-hybridized carbons (Fsp3) is 0.458. The second-order valence-electron chi connectivity index (χ2n) is 7.69. The van der Waals surface area contributed by atoms with E-state index in [1.807, 2.05) is 7.05 Å². The Morgan fingerprint density at radius 1 is 1.07 bits per heavy atom. The number of unbranched alkanes of at least 4 members (excludes halogenated alkanes) is 1. The number of aliphatic imine (C=N–C) groups is 1. The Kier molecular flexibility index (Phi) is 8.97. The molecular formula is C24H33FN4O. The van der Waals surface area contributed by atoms with E-state index in [-0.39, 0.29) is 5.82 Å². The van der Waals surface area contributed by atoms with Crippen molar-refractivity contribution in [2.75, 3.05) is 33.3 Å². The molecule has 5 nitrogen and oxygen atoms in total. The van der Waals surface area contributed by atoms with Crippen molar-refractivity contribution in [3.8, 4) is 5.75 Å². The van der Waals surface area contributed by atoms with E-state index in [2.05, 4.69) is 50.9 Å². The maximum absolute atomic E-state index is 12.9. The number of rotatable bonds is 9. The predicted octanol–water partition coefficient (Wildman–Crippen LogP) is 3.81. The quantitative estimate of drug-likeness (QED) is 0.374. The molecule has 3 rings (SSSR count). The zero-order valence-corrected chi connectivity index (χ0v) is 17.8. The van der Waals surface area contributed by atoms with Gasteiger partial charge in [-0.05, 0) is 55.5 Å². The maximum atomic E-state index is 12.9. The standard InChI is InChI=1S/C24H33FN4O/c1-26-24(27-15-5-6-18-30-23-11-9-21(25)10-12-23)28-22-13-16-29(17-14-22)19-20-7-3-2-4-8-20/h2-4,7-12,22H,5-6,13-19H2,1H3,(H2,26,27,28). The van der Waals surface area contributed by atoms with Crippen LogP contribution >= 0.6 is 0 Å². The Hall–Kier alpha value is -2.60. The third-order valence-corrected chi connectivity index (χ3v) is 5.35. The van der Waals surface area contributed by atoms with E-state index in [1.165, 1.54) is 17.7 Å². The van der Waals surface area contributed by atoms with Crippen molar-refractivity contribution in [3.63, 3.8) is 0 Å². The number of nitrogens with one attached hydrogen (secondary N) is 2. The highest BCUT2D eigenvalue weighted by Crippen LogP contribution is 2.14. The van der Waals surface area contributed by atoms with Crippen LogP contribution in [0.4, 0.5) is 4.39 Å². The first kappa shape index (κ1) is 22.1. The molecule has 2 N–H and O–H groups in total. The Balaban J connectivity index is 1.26. The van der Waals surface area contributed by atoms with Gasteiger partial charge in [0.15, 0.2) is 5.96 Å². The number of ether oxygens (including phenoxy) is 1. The van der Waals surface area contributed by atoms with Crippen LogP contribution in [-0.4, -0.2) is 50.2 Å². The highest BCUT2D eigenvalue weighted by Gasteiger charge is 2.19. The summed E-state index contributed by atoms with van der Waals surface area (Å²) >= 11 is 0. The fourth-order valence-electron chi connectivity index (χ4n) is 3.62. The molecule has 162 valence electrons. The van der Waals surface area contributed by atoms with Crippen molar-refractivity contribution in [2.24, 2.45) is 4.99 Å². The van der Waals surface area contributed by atoms with Gasteiger partial charge in [0, 0.05) is 39.3 Å². The number of hydrogen-bond donors (Lipinski definition) is 2. The molecule has 0 spiro atoms. The van der Waals surface area contributed by atoms with Crippen molar-refractivity contribution in [1.82, 2.24) is 15.5 Å². The summed E-state index contributed by atoms with van der Waals surface area (Å²) in [6.07, 6.45) is 4.16. The van der Waals surface area contributed by atoms with Crippen LogP contribution in [0, 0.1) is 5.82 Å². The van der Waals surface area contributed by atoms with Crippen molar-refractivity contribution < 1.29 is 9.13 Å². The van der Waals surface area contributed by atoms with Gasteiger partial charge in [-0.2, -0.15) is 0 Å². The molecular weight excluding hydrogens is 379 g/mol. The number of benzene rings is 2. The SMILES string of the molecule is CN=C(NCCCCOc1ccc(F)cc1)NC1CCN(Cc2ccccc2)CC1. The van der Waals surface area contributed by atoms with E-state index in [1.54, 1.807) is 12.1 Å². The highest BCUT2D eigenvalue weighted by molar-refractivity contribution is 5.79. The monoisotopic (exact) mass is 412 g/mol. The summed E-state index contributed by atoms with van der Waals surface area (Å²) in [4.78, 5) is 6.88. The first-order valence-corrected chi connectivity index (χ1v) is 10.8. The molecule has 2 aromatic rings. The lowest BCUT2D eigenvalue weighted by atomic mass is 10.0. The van der Waals surface area contributed by atoms with Gasteiger partial charge in [-0.3, -0.25) is 9.89 Å². The average Bonchev–Trinajstić information content (AvgIpc) is 2.78. The molecule has 0 unspecified atom stereocenters. The molecule has 1 heterocycles. The summed E-state index contributed by atoms with van der Waals surface area (Å²) in [5.41, 5.74) is 1.38. The summed E-state index contributed by atoms with van der Waals surface area (Å²) in [5.74, 6) is 1.34. The molecule has 0 aliphatic carbocycles. The van der Waals surface area contributed by atoms with E-state index in [4.69, 9.17) is 4.74 Å². The molecule has 0 bridgehead atoms. The van der Waals surface area contributed by atoms with Gasteiger partial charge in [-0.15, -0.1) is 0 Å². The second kappa shape index (κ2) is 12.2. The number of hydrogen-bond acceptors (Lipinski definition) is 3. The molecule has 0 radical (unpaired) electrons. The number of piperidine rings is 1. The third-order valence-electron chi connectivity index (χ3n) is 5.35. The van der Waals surface area contributed by atoms with Crippen molar-refractivity contribution in [1.29, 1.82) is 0 Å². The van der Waals surface area contributed by atoms with E-state index in [9.17, 15) is 4.39 Å². The van der Waals surface area contributed by atoms with Gasteiger partial charge in [-0.1, -0.05) is 30.3 Å². The first-order valence-electron chi connectivity index (χ1n) is 10.8. The van der Waals surface area contributed by atoms with Gasteiger partial charge in [0.1, 0.15) is 11.6 Å². The molecule has 1 fully saturated rings. The Bertz CT molecular complexity index is 759. The zero-order chi connectivity index (χ0) is 21.0. The average molecular weight is 413 g/mol.